The van der Waals surface area contributed by atoms with E-state index in [9.17, 15) is 22.0 Å². The van der Waals surface area contributed by atoms with Crippen LogP contribution in [0.4, 0.5) is 22.0 Å². The molecule has 2 aliphatic rings. The van der Waals surface area contributed by atoms with E-state index in [1.165, 1.54) is 5.56 Å². The van der Waals surface area contributed by atoms with Crippen LogP contribution < -0.4 is 0 Å². The Bertz CT molecular complexity index is 917. The standard InChI is InChI=1S/C27H31F5O2/c1-2-17-15-33-26(34-16-17)22-11-9-21(10-12-22)20-7-5-18(6-8-20)3-4-19-13-23(28)25(24(29)14-19)27(30,31)32/h5-8,13-14,17,21-22,26H,2-4,9-12,15-16H2,1H3. The number of alkyl halides is 3. The third kappa shape index (κ3) is 5.98. The molecule has 0 aromatic heterocycles. The summed E-state index contributed by atoms with van der Waals surface area (Å²) in [5.41, 5.74) is 0.628. The average Bonchev–Trinajstić information content (AvgIpc) is 2.82. The van der Waals surface area contributed by atoms with Gasteiger partial charge in [0.15, 0.2) is 6.29 Å². The number of hydrogen-bond donors (Lipinski definition) is 0. The van der Waals surface area contributed by atoms with Gasteiger partial charge in [-0.25, -0.2) is 8.78 Å². The highest BCUT2D eigenvalue weighted by Crippen LogP contribution is 2.39. The molecule has 1 saturated carbocycles. The average molecular weight is 483 g/mol. The Balaban J connectivity index is 1.28. The molecular weight excluding hydrogens is 451 g/mol. The Morgan fingerprint density at radius 2 is 1.38 bits per heavy atom. The first-order valence-electron chi connectivity index (χ1n) is 12.1. The van der Waals surface area contributed by atoms with E-state index in [0.29, 0.717) is 24.2 Å². The second kappa shape index (κ2) is 10.7. The summed E-state index contributed by atoms with van der Waals surface area (Å²) in [5, 5.41) is 0. The second-order valence-corrected chi connectivity index (χ2v) is 9.59. The summed E-state index contributed by atoms with van der Waals surface area (Å²) in [7, 11) is 0. The van der Waals surface area contributed by atoms with Gasteiger partial charge < -0.3 is 9.47 Å². The molecule has 1 saturated heterocycles. The van der Waals surface area contributed by atoms with Crippen molar-refractivity contribution in [1.29, 1.82) is 0 Å². The van der Waals surface area contributed by atoms with Crippen LogP contribution in [0, 0.1) is 23.5 Å². The molecule has 2 fully saturated rings. The van der Waals surface area contributed by atoms with Gasteiger partial charge in [-0.15, -0.1) is 0 Å². The largest absolute Gasteiger partial charge is 0.422 e. The topological polar surface area (TPSA) is 18.5 Å². The fraction of sp³-hybridized carbons (Fsp3) is 0.556. The summed E-state index contributed by atoms with van der Waals surface area (Å²) in [6.45, 7) is 3.73. The van der Waals surface area contributed by atoms with Gasteiger partial charge in [0.2, 0.25) is 0 Å². The quantitative estimate of drug-likeness (QED) is 0.398. The van der Waals surface area contributed by atoms with E-state index in [2.05, 4.69) is 19.1 Å². The Hall–Kier alpha value is -1.99. The van der Waals surface area contributed by atoms with Gasteiger partial charge in [-0.1, -0.05) is 31.2 Å². The lowest BCUT2D eigenvalue weighted by molar-refractivity contribution is -0.228. The number of aryl methyl sites for hydroxylation is 2. The molecule has 34 heavy (non-hydrogen) atoms. The van der Waals surface area contributed by atoms with Crippen molar-refractivity contribution in [2.75, 3.05) is 13.2 Å². The number of halogens is 5. The lowest BCUT2D eigenvalue weighted by atomic mass is 9.78. The minimum atomic E-state index is -5.05. The van der Waals surface area contributed by atoms with Gasteiger partial charge in [0.1, 0.15) is 17.2 Å². The molecule has 0 spiro atoms. The maximum atomic E-state index is 13.8. The summed E-state index contributed by atoms with van der Waals surface area (Å²) in [4.78, 5) is 0. The number of rotatable bonds is 6. The molecule has 7 heteroatoms. The normalized spacial score (nSPS) is 25.9. The van der Waals surface area contributed by atoms with Crippen molar-refractivity contribution in [2.45, 2.75) is 70.3 Å². The van der Waals surface area contributed by atoms with Crippen molar-refractivity contribution in [2.24, 2.45) is 11.8 Å². The molecule has 1 aliphatic heterocycles. The molecule has 2 nitrogen and oxygen atoms in total. The van der Waals surface area contributed by atoms with Crippen LogP contribution in [0.3, 0.4) is 0 Å². The van der Waals surface area contributed by atoms with Gasteiger partial charge in [-0.3, -0.25) is 0 Å². The minimum Gasteiger partial charge on any atom is -0.352 e. The zero-order valence-electron chi connectivity index (χ0n) is 19.3. The van der Waals surface area contributed by atoms with Crippen molar-refractivity contribution >= 4 is 0 Å². The van der Waals surface area contributed by atoms with Gasteiger partial charge in [-0.05, 0) is 79.7 Å². The molecule has 1 aliphatic carbocycles. The highest BCUT2D eigenvalue weighted by atomic mass is 19.4. The van der Waals surface area contributed by atoms with Crippen LogP contribution in [-0.4, -0.2) is 19.5 Å². The van der Waals surface area contributed by atoms with Crippen LogP contribution in [0.25, 0.3) is 0 Å². The van der Waals surface area contributed by atoms with E-state index < -0.39 is 23.4 Å². The smallest absolute Gasteiger partial charge is 0.352 e. The van der Waals surface area contributed by atoms with Gasteiger partial charge in [0.05, 0.1) is 13.2 Å². The van der Waals surface area contributed by atoms with Crippen LogP contribution in [0.5, 0.6) is 0 Å². The van der Waals surface area contributed by atoms with E-state index in [1.807, 2.05) is 12.1 Å². The monoisotopic (exact) mass is 482 g/mol. The van der Waals surface area contributed by atoms with Crippen LogP contribution in [-0.2, 0) is 28.5 Å². The van der Waals surface area contributed by atoms with Crippen LogP contribution >= 0.6 is 0 Å². The highest BCUT2D eigenvalue weighted by molar-refractivity contribution is 5.30. The third-order valence-electron chi connectivity index (χ3n) is 7.27. The fourth-order valence-electron chi connectivity index (χ4n) is 5.08. The zero-order valence-corrected chi connectivity index (χ0v) is 19.3. The molecule has 0 atom stereocenters. The van der Waals surface area contributed by atoms with Gasteiger partial charge in [0, 0.05) is 11.8 Å². The summed E-state index contributed by atoms with van der Waals surface area (Å²) < 4.78 is 77.7. The van der Waals surface area contributed by atoms with Crippen molar-refractivity contribution < 1.29 is 31.4 Å². The highest BCUT2D eigenvalue weighted by Gasteiger charge is 2.38. The summed E-state index contributed by atoms with van der Waals surface area (Å²) in [6, 6.07) is 9.73. The molecule has 0 radical (unpaired) electrons. The lowest BCUT2D eigenvalue weighted by Gasteiger charge is -2.37. The third-order valence-corrected chi connectivity index (χ3v) is 7.27. The molecule has 0 unspecified atom stereocenters. The van der Waals surface area contributed by atoms with E-state index in [1.54, 1.807) is 0 Å². The molecule has 0 amide bonds. The Morgan fingerprint density at radius 1 is 0.824 bits per heavy atom. The van der Waals surface area contributed by atoms with Gasteiger partial charge in [-0.2, -0.15) is 13.2 Å². The number of hydrogen-bond acceptors (Lipinski definition) is 2. The molecule has 0 N–H and O–H groups in total. The van der Waals surface area contributed by atoms with Crippen LogP contribution in [0.1, 0.15) is 67.2 Å². The van der Waals surface area contributed by atoms with E-state index in [0.717, 1.165) is 63.0 Å². The number of benzene rings is 2. The van der Waals surface area contributed by atoms with E-state index in [-0.39, 0.29) is 18.3 Å². The Morgan fingerprint density at radius 3 is 1.91 bits per heavy atom. The maximum absolute atomic E-state index is 13.8. The molecule has 0 bridgehead atoms. The van der Waals surface area contributed by atoms with Crippen molar-refractivity contribution in [3.63, 3.8) is 0 Å². The van der Waals surface area contributed by atoms with E-state index >= 15 is 0 Å². The van der Waals surface area contributed by atoms with Crippen molar-refractivity contribution in [1.82, 2.24) is 0 Å². The SMILES string of the molecule is CCC1COC(C2CCC(c3ccc(CCc4cc(F)c(C(F)(F)F)c(F)c4)cc3)CC2)OC1. The molecule has 4 rings (SSSR count). The number of ether oxygens (including phenoxy) is 2. The van der Waals surface area contributed by atoms with Crippen LogP contribution in [0.2, 0.25) is 0 Å². The van der Waals surface area contributed by atoms with Gasteiger partial charge >= 0.3 is 6.18 Å². The van der Waals surface area contributed by atoms with Gasteiger partial charge in [0.25, 0.3) is 0 Å². The molecule has 2 aromatic carbocycles. The summed E-state index contributed by atoms with van der Waals surface area (Å²) in [6.07, 6.45) is 0.999. The van der Waals surface area contributed by atoms with Crippen molar-refractivity contribution in [3.8, 4) is 0 Å². The minimum absolute atomic E-state index is 0.0778. The molecular formula is C27H31F5O2. The lowest BCUT2D eigenvalue weighted by Crippen LogP contribution is -2.38. The van der Waals surface area contributed by atoms with E-state index in [4.69, 9.17) is 9.47 Å². The zero-order chi connectivity index (χ0) is 24.3. The molecule has 2 aromatic rings. The predicted molar refractivity (Wildman–Crippen MR) is 119 cm³/mol. The first-order chi connectivity index (χ1) is 16.2. The second-order valence-electron chi connectivity index (χ2n) is 9.59. The molecule has 1 heterocycles. The Labute approximate surface area is 197 Å². The van der Waals surface area contributed by atoms with Crippen LogP contribution in [0.15, 0.2) is 36.4 Å². The molecule has 186 valence electrons. The maximum Gasteiger partial charge on any atom is 0.422 e. The fourth-order valence-corrected chi connectivity index (χ4v) is 5.08. The Kier molecular flexibility index (Phi) is 7.93. The first-order valence-corrected chi connectivity index (χ1v) is 12.1. The van der Waals surface area contributed by atoms with Crippen molar-refractivity contribution in [3.05, 3.63) is 70.3 Å². The predicted octanol–water partition coefficient (Wildman–Crippen LogP) is 7.44. The first kappa shape index (κ1) is 25.1. The summed E-state index contributed by atoms with van der Waals surface area (Å²) in [5.74, 6) is -1.71. The summed E-state index contributed by atoms with van der Waals surface area (Å²) >= 11 is 0.